The van der Waals surface area contributed by atoms with E-state index in [4.69, 9.17) is 16.0 Å². The van der Waals surface area contributed by atoms with E-state index in [0.29, 0.717) is 23.5 Å². The van der Waals surface area contributed by atoms with Crippen LogP contribution in [0.25, 0.3) is 11.3 Å². The molecule has 1 aliphatic heterocycles. The van der Waals surface area contributed by atoms with Gasteiger partial charge < -0.3 is 4.42 Å². The van der Waals surface area contributed by atoms with Crippen molar-refractivity contribution in [1.82, 2.24) is 5.43 Å². The third kappa shape index (κ3) is 5.06. The number of hydrogen-bond donors (Lipinski definition) is 1. The Bertz CT molecular complexity index is 894. The van der Waals surface area contributed by atoms with Crippen molar-refractivity contribution in [2.24, 2.45) is 5.10 Å². The van der Waals surface area contributed by atoms with Crippen LogP contribution in [0, 0.1) is 10.1 Å². The molecule has 1 fully saturated rings. The van der Waals surface area contributed by atoms with Gasteiger partial charge in [-0.1, -0.05) is 11.6 Å². The van der Waals surface area contributed by atoms with Crippen LogP contribution in [0.15, 0.2) is 39.9 Å². The summed E-state index contributed by atoms with van der Waals surface area (Å²) < 4.78 is 5.51. The Labute approximate surface area is 169 Å². The Balaban J connectivity index is 1.62. The summed E-state index contributed by atoms with van der Waals surface area (Å²) in [5, 5.41) is 15.0. The lowest BCUT2D eigenvalue weighted by molar-refractivity contribution is -0.384. The van der Waals surface area contributed by atoms with E-state index in [1.54, 1.807) is 41.7 Å². The molecule has 0 saturated carbocycles. The lowest BCUT2D eigenvalue weighted by Crippen LogP contribution is -2.26. The van der Waals surface area contributed by atoms with Crippen LogP contribution in [0.5, 0.6) is 0 Å². The minimum absolute atomic E-state index is 0.0621. The largest absolute Gasteiger partial charge is 0.455 e. The molecule has 10 heteroatoms. The number of carbonyl (C=O) groups excluding carboxylic acids is 1. The number of amides is 1. The molecule has 2 aromatic rings. The number of rotatable bonds is 6. The molecule has 2 heterocycles. The van der Waals surface area contributed by atoms with Gasteiger partial charge in [0.15, 0.2) is 0 Å². The van der Waals surface area contributed by atoms with Crippen LogP contribution in [0.2, 0.25) is 5.02 Å². The van der Waals surface area contributed by atoms with Crippen LogP contribution < -0.4 is 5.43 Å². The average molecular weight is 426 g/mol. The van der Waals surface area contributed by atoms with E-state index < -0.39 is 4.92 Å². The van der Waals surface area contributed by atoms with Crippen molar-refractivity contribution in [3.05, 3.63) is 51.2 Å². The molecule has 1 aromatic heterocycles. The zero-order chi connectivity index (χ0) is 19.4. The highest BCUT2D eigenvalue weighted by atomic mass is 35.5. The van der Waals surface area contributed by atoms with Gasteiger partial charge in [-0.05, 0) is 31.2 Å². The van der Waals surface area contributed by atoms with Crippen LogP contribution in [0.3, 0.4) is 0 Å². The van der Waals surface area contributed by atoms with Crippen molar-refractivity contribution >= 4 is 52.9 Å². The van der Waals surface area contributed by atoms with E-state index in [9.17, 15) is 14.9 Å². The topological polar surface area (TPSA) is 97.7 Å². The van der Waals surface area contributed by atoms with Crippen LogP contribution in [-0.4, -0.2) is 32.6 Å². The van der Waals surface area contributed by atoms with Crippen LogP contribution in [0.1, 0.15) is 19.1 Å². The minimum atomic E-state index is -0.548. The van der Waals surface area contributed by atoms with Gasteiger partial charge in [-0.15, -0.1) is 23.5 Å². The van der Waals surface area contributed by atoms with Gasteiger partial charge in [0.2, 0.25) is 5.91 Å². The normalized spacial score (nSPS) is 15.9. The maximum absolute atomic E-state index is 12.0. The molecule has 1 aromatic carbocycles. The van der Waals surface area contributed by atoms with Gasteiger partial charge in [-0.2, -0.15) is 5.10 Å². The number of nitrogens with zero attached hydrogens (tertiary/aromatic N) is 2. The molecule has 0 spiro atoms. The molecule has 0 unspecified atom stereocenters. The molecule has 0 bridgehead atoms. The minimum Gasteiger partial charge on any atom is -0.455 e. The SMILES string of the molecule is CC1(CC(=O)N/N=C\c2ccc(-c3ccc(Cl)c([N+](=O)[O-])c3)o2)SCCS1. The lowest BCUT2D eigenvalue weighted by Gasteiger charge is -2.19. The van der Waals surface area contributed by atoms with Crippen LogP contribution in [0.4, 0.5) is 5.69 Å². The number of nitrogens with one attached hydrogen (secondary N) is 1. The second-order valence-corrected chi connectivity index (χ2v) is 9.79. The van der Waals surface area contributed by atoms with Crippen LogP contribution >= 0.6 is 35.1 Å². The summed E-state index contributed by atoms with van der Waals surface area (Å²) in [6.07, 6.45) is 1.78. The predicted molar refractivity (Wildman–Crippen MR) is 109 cm³/mol. The maximum Gasteiger partial charge on any atom is 0.288 e. The third-order valence-electron chi connectivity index (χ3n) is 3.81. The average Bonchev–Trinajstić information content (AvgIpc) is 3.24. The summed E-state index contributed by atoms with van der Waals surface area (Å²) in [5.74, 6) is 2.80. The first-order valence-corrected chi connectivity index (χ1v) is 10.4. The van der Waals surface area contributed by atoms with E-state index in [0.717, 1.165) is 11.5 Å². The molecule has 3 rings (SSSR count). The molecule has 1 saturated heterocycles. The molecular weight excluding hydrogens is 410 g/mol. The lowest BCUT2D eigenvalue weighted by atomic mass is 10.1. The number of nitro benzene ring substituents is 1. The second kappa shape index (κ2) is 8.37. The fourth-order valence-corrected chi connectivity index (χ4v) is 5.56. The fourth-order valence-electron chi connectivity index (χ4n) is 2.54. The van der Waals surface area contributed by atoms with E-state index >= 15 is 0 Å². The first-order valence-electron chi connectivity index (χ1n) is 8.00. The first-order chi connectivity index (χ1) is 12.9. The Kier molecular flexibility index (Phi) is 6.13. The van der Waals surface area contributed by atoms with Gasteiger partial charge >= 0.3 is 0 Å². The number of benzene rings is 1. The van der Waals surface area contributed by atoms with Crippen molar-refractivity contribution < 1.29 is 14.1 Å². The van der Waals surface area contributed by atoms with Gasteiger partial charge in [0.25, 0.3) is 5.69 Å². The van der Waals surface area contributed by atoms with Crippen molar-refractivity contribution in [3.8, 4) is 11.3 Å². The Morgan fingerprint density at radius 3 is 2.85 bits per heavy atom. The number of nitro groups is 1. The van der Waals surface area contributed by atoms with Gasteiger partial charge in [0.1, 0.15) is 16.5 Å². The zero-order valence-electron chi connectivity index (χ0n) is 14.3. The summed E-state index contributed by atoms with van der Waals surface area (Å²) in [6.45, 7) is 2.06. The molecule has 27 heavy (non-hydrogen) atoms. The highest BCUT2D eigenvalue weighted by Crippen LogP contribution is 2.45. The highest BCUT2D eigenvalue weighted by molar-refractivity contribution is 8.21. The number of halogens is 1. The smallest absolute Gasteiger partial charge is 0.288 e. The highest BCUT2D eigenvalue weighted by Gasteiger charge is 2.32. The molecule has 142 valence electrons. The van der Waals surface area contributed by atoms with E-state index in [-0.39, 0.29) is 20.7 Å². The molecule has 1 amide bonds. The van der Waals surface area contributed by atoms with Gasteiger partial charge in [0, 0.05) is 23.1 Å². The monoisotopic (exact) mass is 425 g/mol. The molecule has 0 atom stereocenters. The molecule has 1 aliphatic rings. The standard InChI is InChI=1S/C17H16ClN3O4S2/c1-17(26-6-7-27-17)9-16(22)20-19-10-12-3-5-15(25-12)11-2-4-13(18)14(8-11)21(23)24/h2-5,8,10H,6-7,9H2,1H3,(H,20,22)/b19-10-. The van der Waals surface area contributed by atoms with Crippen molar-refractivity contribution in [2.45, 2.75) is 17.4 Å². The first kappa shape index (κ1) is 19.8. The predicted octanol–water partition coefficient (Wildman–Crippen LogP) is 4.54. The second-order valence-electron chi connectivity index (χ2n) is 5.93. The maximum atomic E-state index is 12.0. The number of carbonyl (C=O) groups is 1. The van der Waals surface area contributed by atoms with E-state index in [1.807, 2.05) is 0 Å². The van der Waals surface area contributed by atoms with Crippen LogP contribution in [-0.2, 0) is 4.79 Å². The summed E-state index contributed by atoms with van der Waals surface area (Å²) in [7, 11) is 0. The molecule has 1 N–H and O–H groups in total. The fraction of sp³-hybridized carbons (Fsp3) is 0.294. The Morgan fingerprint density at radius 1 is 1.41 bits per heavy atom. The van der Waals surface area contributed by atoms with Gasteiger partial charge in [-0.3, -0.25) is 14.9 Å². The van der Waals surface area contributed by atoms with Crippen molar-refractivity contribution in [3.63, 3.8) is 0 Å². The number of furan rings is 1. The molecule has 0 aliphatic carbocycles. The summed E-state index contributed by atoms with van der Waals surface area (Å²) in [4.78, 5) is 22.4. The van der Waals surface area contributed by atoms with E-state index in [2.05, 4.69) is 17.5 Å². The Morgan fingerprint density at radius 2 is 2.15 bits per heavy atom. The van der Waals surface area contributed by atoms with Gasteiger partial charge in [0.05, 0.1) is 21.6 Å². The molecular formula is C17H16ClN3O4S2. The molecule has 7 nitrogen and oxygen atoms in total. The molecule has 0 radical (unpaired) electrons. The number of hydrogen-bond acceptors (Lipinski definition) is 7. The summed E-state index contributed by atoms with van der Waals surface area (Å²) in [5.41, 5.74) is 2.84. The summed E-state index contributed by atoms with van der Waals surface area (Å²) >= 11 is 9.38. The zero-order valence-corrected chi connectivity index (χ0v) is 16.7. The third-order valence-corrected chi connectivity index (χ3v) is 7.43. The summed E-state index contributed by atoms with van der Waals surface area (Å²) in [6, 6.07) is 7.76. The van der Waals surface area contributed by atoms with Crippen molar-refractivity contribution in [1.29, 1.82) is 0 Å². The van der Waals surface area contributed by atoms with Crippen molar-refractivity contribution in [2.75, 3.05) is 11.5 Å². The van der Waals surface area contributed by atoms with Gasteiger partial charge in [-0.25, -0.2) is 5.43 Å². The quantitative estimate of drug-likeness (QED) is 0.414. The number of hydrazone groups is 1. The van der Waals surface area contributed by atoms with E-state index in [1.165, 1.54) is 18.3 Å². The number of thioether (sulfide) groups is 2. The Hall–Kier alpha value is -1.97.